The summed E-state index contributed by atoms with van der Waals surface area (Å²) in [4.78, 5) is 6.13. The standard InChI is InChI=1S/C14H18N6S/c1-9-16-11-7-10(5-6-12(11)21-9)15-8-13-17-19-20(18-13)14(2,3)4/h5-7,15H,8H2,1-4H3. The molecule has 0 spiro atoms. The normalized spacial score (nSPS) is 12.0. The summed E-state index contributed by atoms with van der Waals surface area (Å²) < 4.78 is 1.20. The smallest absolute Gasteiger partial charge is 0.193 e. The Morgan fingerprint density at radius 2 is 2.10 bits per heavy atom. The average Bonchev–Trinajstić information content (AvgIpc) is 3.00. The molecule has 2 aromatic heterocycles. The number of aromatic nitrogens is 5. The molecule has 0 bridgehead atoms. The minimum atomic E-state index is -0.151. The fourth-order valence-corrected chi connectivity index (χ4v) is 2.74. The van der Waals surface area contributed by atoms with E-state index in [0.717, 1.165) is 16.2 Å². The second-order valence-corrected chi connectivity index (χ2v) is 7.17. The van der Waals surface area contributed by atoms with Gasteiger partial charge in [0, 0.05) is 5.69 Å². The highest BCUT2D eigenvalue weighted by Crippen LogP contribution is 2.24. The van der Waals surface area contributed by atoms with Crippen LogP contribution in [-0.4, -0.2) is 25.2 Å². The molecule has 0 fully saturated rings. The molecule has 3 rings (SSSR count). The van der Waals surface area contributed by atoms with Crippen LogP contribution in [0.1, 0.15) is 31.6 Å². The minimum Gasteiger partial charge on any atom is -0.378 e. The second kappa shape index (κ2) is 5.07. The van der Waals surface area contributed by atoms with E-state index in [-0.39, 0.29) is 5.54 Å². The van der Waals surface area contributed by atoms with Crippen molar-refractivity contribution in [1.82, 2.24) is 25.2 Å². The lowest BCUT2D eigenvalue weighted by atomic mass is 10.1. The maximum atomic E-state index is 4.50. The van der Waals surface area contributed by atoms with Gasteiger partial charge in [-0.3, -0.25) is 0 Å². The van der Waals surface area contributed by atoms with Crippen molar-refractivity contribution in [3.05, 3.63) is 29.0 Å². The van der Waals surface area contributed by atoms with Gasteiger partial charge >= 0.3 is 0 Å². The second-order valence-electron chi connectivity index (χ2n) is 5.93. The topological polar surface area (TPSA) is 68.5 Å². The number of hydrogen-bond donors (Lipinski definition) is 1. The van der Waals surface area contributed by atoms with Crippen molar-refractivity contribution in [2.24, 2.45) is 0 Å². The van der Waals surface area contributed by atoms with Crippen molar-refractivity contribution in [3.63, 3.8) is 0 Å². The van der Waals surface area contributed by atoms with Crippen molar-refractivity contribution in [2.75, 3.05) is 5.32 Å². The predicted molar refractivity (Wildman–Crippen MR) is 84.5 cm³/mol. The Hall–Kier alpha value is -2.02. The van der Waals surface area contributed by atoms with Gasteiger partial charge in [0.15, 0.2) is 5.82 Å². The van der Waals surface area contributed by atoms with E-state index in [1.807, 2.05) is 39.8 Å². The van der Waals surface area contributed by atoms with Crippen molar-refractivity contribution in [1.29, 1.82) is 0 Å². The summed E-state index contributed by atoms with van der Waals surface area (Å²) in [5, 5.41) is 16.9. The van der Waals surface area contributed by atoms with Crippen molar-refractivity contribution in [3.8, 4) is 0 Å². The van der Waals surface area contributed by atoms with Gasteiger partial charge in [-0.2, -0.15) is 4.80 Å². The summed E-state index contributed by atoms with van der Waals surface area (Å²) in [5.74, 6) is 0.680. The minimum absolute atomic E-state index is 0.151. The van der Waals surface area contributed by atoms with Gasteiger partial charge in [-0.1, -0.05) is 0 Å². The van der Waals surface area contributed by atoms with Gasteiger partial charge in [-0.05, 0) is 51.1 Å². The van der Waals surface area contributed by atoms with E-state index in [1.54, 1.807) is 16.1 Å². The van der Waals surface area contributed by atoms with E-state index >= 15 is 0 Å². The number of nitrogens with one attached hydrogen (secondary N) is 1. The van der Waals surface area contributed by atoms with Crippen LogP contribution in [0.25, 0.3) is 10.2 Å². The van der Waals surface area contributed by atoms with Crippen LogP contribution in [-0.2, 0) is 12.1 Å². The number of thiazole rings is 1. The van der Waals surface area contributed by atoms with Crippen LogP contribution in [0.5, 0.6) is 0 Å². The molecule has 0 aliphatic rings. The van der Waals surface area contributed by atoms with Crippen LogP contribution in [0.4, 0.5) is 5.69 Å². The van der Waals surface area contributed by atoms with Crippen LogP contribution in [0.2, 0.25) is 0 Å². The Morgan fingerprint density at radius 3 is 2.81 bits per heavy atom. The van der Waals surface area contributed by atoms with Gasteiger partial charge in [0.2, 0.25) is 0 Å². The molecule has 0 aliphatic heterocycles. The van der Waals surface area contributed by atoms with Crippen LogP contribution in [0.15, 0.2) is 18.2 Å². The summed E-state index contributed by atoms with van der Waals surface area (Å²) in [7, 11) is 0. The molecule has 110 valence electrons. The Morgan fingerprint density at radius 1 is 1.29 bits per heavy atom. The summed E-state index contributed by atoms with van der Waals surface area (Å²) in [6.45, 7) is 8.70. The third-order valence-electron chi connectivity index (χ3n) is 3.00. The van der Waals surface area contributed by atoms with E-state index in [0.29, 0.717) is 12.4 Å². The van der Waals surface area contributed by atoms with Crippen molar-refractivity contribution in [2.45, 2.75) is 39.8 Å². The first-order valence-corrected chi connectivity index (χ1v) is 7.64. The SMILES string of the molecule is Cc1nc2cc(NCc3nnn(C(C)(C)C)n3)ccc2s1. The number of rotatable bonds is 3. The molecule has 1 aromatic carbocycles. The number of aryl methyl sites for hydroxylation is 1. The number of fused-ring (bicyclic) bond motifs is 1. The van der Waals surface area contributed by atoms with Crippen LogP contribution in [0, 0.1) is 6.92 Å². The van der Waals surface area contributed by atoms with Crippen molar-refractivity contribution < 1.29 is 0 Å². The number of nitrogens with zero attached hydrogens (tertiary/aromatic N) is 5. The van der Waals surface area contributed by atoms with Gasteiger partial charge in [0.1, 0.15) is 0 Å². The maximum Gasteiger partial charge on any atom is 0.193 e. The highest BCUT2D eigenvalue weighted by atomic mass is 32.1. The molecule has 6 nitrogen and oxygen atoms in total. The maximum absolute atomic E-state index is 4.50. The fraction of sp³-hybridized carbons (Fsp3) is 0.429. The zero-order valence-corrected chi connectivity index (χ0v) is 13.4. The Bertz CT molecular complexity index is 767. The molecule has 0 saturated carbocycles. The number of benzene rings is 1. The van der Waals surface area contributed by atoms with E-state index in [1.165, 1.54) is 4.70 Å². The van der Waals surface area contributed by atoms with Gasteiger partial charge in [-0.25, -0.2) is 4.98 Å². The third kappa shape index (κ3) is 3.02. The summed E-state index contributed by atoms with van der Waals surface area (Å²) in [6, 6.07) is 6.18. The molecule has 0 amide bonds. The molecule has 1 N–H and O–H groups in total. The Balaban J connectivity index is 1.72. The van der Waals surface area contributed by atoms with Crippen molar-refractivity contribution >= 4 is 27.2 Å². The molecule has 7 heteroatoms. The number of hydrogen-bond acceptors (Lipinski definition) is 6. The monoisotopic (exact) mass is 302 g/mol. The molecular weight excluding hydrogens is 284 g/mol. The van der Waals surface area contributed by atoms with E-state index in [9.17, 15) is 0 Å². The summed E-state index contributed by atoms with van der Waals surface area (Å²) >= 11 is 1.70. The zero-order chi connectivity index (χ0) is 15.0. The number of anilines is 1. The Kier molecular flexibility index (Phi) is 3.36. The fourth-order valence-electron chi connectivity index (χ4n) is 1.93. The molecule has 3 aromatic rings. The first-order chi connectivity index (χ1) is 9.91. The van der Waals surface area contributed by atoms with Crippen LogP contribution >= 0.6 is 11.3 Å². The molecule has 21 heavy (non-hydrogen) atoms. The van der Waals surface area contributed by atoms with E-state index < -0.39 is 0 Å². The third-order valence-corrected chi connectivity index (χ3v) is 3.95. The highest BCUT2D eigenvalue weighted by molar-refractivity contribution is 7.18. The van der Waals surface area contributed by atoms with Crippen LogP contribution < -0.4 is 5.32 Å². The molecule has 0 aliphatic carbocycles. The molecule has 0 unspecified atom stereocenters. The molecule has 2 heterocycles. The predicted octanol–water partition coefficient (Wildman–Crippen LogP) is 2.96. The zero-order valence-electron chi connectivity index (χ0n) is 12.6. The lowest BCUT2D eigenvalue weighted by Gasteiger charge is -2.15. The summed E-state index contributed by atoms with van der Waals surface area (Å²) in [5.41, 5.74) is 1.89. The highest BCUT2D eigenvalue weighted by Gasteiger charge is 2.16. The molecule has 0 saturated heterocycles. The number of tetrazole rings is 1. The van der Waals surface area contributed by atoms with Gasteiger partial charge in [-0.15, -0.1) is 21.5 Å². The van der Waals surface area contributed by atoms with Gasteiger partial charge < -0.3 is 5.32 Å². The van der Waals surface area contributed by atoms with Crippen LogP contribution in [0.3, 0.4) is 0 Å². The lowest BCUT2D eigenvalue weighted by Crippen LogP contribution is -2.24. The van der Waals surface area contributed by atoms with E-state index in [4.69, 9.17) is 0 Å². The van der Waals surface area contributed by atoms with E-state index in [2.05, 4.69) is 31.8 Å². The largest absolute Gasteiger partial charge is 0.378 e. The lowest BCUT2D eigenvalue weighted by molar-refractivity contribution is 0.305. The average molecular weight is 302 g/mol. The molecule has 0 radical (unpaired) electrons. The van der Waals surface area contributed by atoms with Gasteiger partial charge in [0.25, 0.3) is 0 Å². The molecule has 0 atom stereocenters. The quantitative estimate of drug-likeness (QED) is 0.805. The van der Waals surface area contributed by atoms with Gasteiger partial charge in [0.05, 0.1) is 27.3 Å². The first kappa shape index (κ1) is 13.9. The first-order valence-electron chi connectivity index (χ1n) is 6.82. The Labute approximate surface area is 127 Å². The molecular formula is C14H18N6S. The summed E-state index contributed by atoms with van der Waals surface area (Å²) in [6.07, 6.45) is 0.